The molecule has 26 heavy (non-hydrogen) atoms. The Bertz CT molecular complexity index is 627. The second-order valence-electron chi connectivity index (χ2n) is 8.35. The first kappa shape index (κ1) is 18.0. The third-order valence-corrected chi connectivity index (χ3v) is 6.72. The lowest BCUT2D eigenvalue weighted by Gasteiger charge is -2.46. The molecule has 0 radical (unpaired) electrons. The van der Waals surface area contributed by atoms with Gasteiger partial charge in [0.05, 0.1) is 11.6 Å². The third-order valence-electron chi connectivity index (χ3n) is 6.72. The standard InChI is InChI=1S/C22H32N4/c23-16-19-6-1-2-7-20(19)17-24-12-14-25(15-13-24)18-21-8-5-11-26-10-4-3-9-22(21)26/h1-2,6-7,21-22H,3-5,8-15,17-18H2/t21-,22+/m0/s1. The van der Waals surface area contributed by atoms with E-state index in [1.165, 1.54) is 70.4 Å². The van der Waals surface area contributed by atoms with Crippen LogP contribution < -0.4 is 0 Å². The molecule has 3 aliphatic rings. The first-order valence-electron chi connectivity index (χ1n) is 10.5. The number of nitrogens with zero attached hydrogens (tertiary/aromatic N) is 4. The Hall–Kier alpha value is -1.41. The van der Waals surface area contributed by atoms with E-state index in [9.17, 15) is 5.26 Å². The Morgan fingerprint density at radius 2 is 1.65 bits per heavy atom. The summed E-state index contributed by atoms with van der Waals surface area (Å²) in [7, 11) is 0. The van der Waals surface area contributed by atoms with Gasteiger partial charge >= 0.3 is 0 Å². The number of rotatable bonds is 4. The molecule has 3 heterocycles. The van der Waals surface area contributed by atoms with Crippen molar-refractivity contribution in [1.29, 1.82) is 5.26 Å². The van der Waals surface area contributed by atoms with Crippen molar-refractivity contribution in [2.24, 2.45) is 5.92 Å². The van der Waals surface area contributed by atoms with Crippen LogP contribution in [0.2, 0.25) is 0 Å². The molecule has 0 spiro atoms. The van der Waals surface area contributed by atoms with Crippen LogP contribution in [0.4, 0.5) is 0 Å². The van der Waals surface area contributed by atoms with E-state index in [4.69, 9.17) is 0 Å². The number of piperazine rings is 1. The van der Waals surface area contributed by atoms with Crippen molar-refractivity contribution in [3.63, 3.8) is 0 Å². The summed E-state index contributed by atoms with van der Waals surface area (Å²) in [5.41, 5.74) is 2.00. The fourth-order valence-corrected chi connectivity index (χ4v) is 5.26. The predicted molar refractivity (Wildman–Crippen MR) is 105 cm³/mol. The van der Waals surface area contributed by atoms with Crippen LogP contribution in [0.25, 0.3) is 0 Å². The Labute approximate surface area is 158 Å². The summed E-state index contributed by atoms with van der Waals surface area (Å²) in [5, 5.41) is 9.29. The van der Waals surface area contributed by atoms with Gasteiger partial charge in [0.2, 0.25) is 0 Å². The maximum atomic E-state index is 9.29. The quantitative estimate of drug-likeness (QED) is 0.834. The van der Waals surface area contributed by atoms with E-state index < -0.39 is 0 Å². The van der Waals surface area contributed by atoms with Crippen molar-refractivity contribution in [3.8, 4) is 6.07 Å². The van der Waals surface area contributed by atoms with Crippen LogP contribution in [-0.4, -0.2) is 66.6 Å². The van der Waals surface area contributed by atoms with E-state index in [-0.39, 0.29) is 0 Å². The summed E-state index contributed by atoms with van der Waals surface area (Å²) in [6.07, 6.45) is 7.09. The Morgan fingerprint density at radius 1 is 0.885 bits per heavy atom. The zero-order valence-electron chi connectivity index (χ0n) is 15.9. The highest BCUT2D eigenvalue weighted by Gasteiger charge is 2.34. The minimum absolute atomic E-state index is 0.828. The molecule has 1 aromatic rings. The van der Waals surface area contributed by atoms with Crippen LogP contribution in [0.15, 0.2) is 24.3 Å². The smallest absolute Gasteiger partial charge is 0.0995 e. The van der Waals surface area contributed by atoms with Gasteiger partial charge in [0.1, 0.15) is 0 Å². The van der Waals surface area contributed by atoms with E-state index in [1.807, 2.05) is 18.2 Å². The van der Waals surface area contributed by atoms with Crippen LogP contribution in [-0.2, 0) is 6.54 Å². The van der Waals surface area contributed by atoms with Gasteiger partial charge in [0.25, 0.3) is 0 Å². The first-order chi connectivity index (χ1) is 12.8. The highest BCUT2D eigenvalue weighted by atomic mass is 15.3. The summed E-state index contributed by atoms with van der Waals surface area (Å²) < 4.78 is 0. The molecule has 4 nitrogen and oxygen atoms in total. The lowest BCUT2D eigenvalue weighted by atomic mass is 9.83. The lowest BCUT2D eigenvalue weighted by Crippen LogP contribution is -2.53. The van der Waals surface area contributed by atoms with E-state index >= 15 is 0 Å². The first-order valence-corrected chi connectivity index (χ1v) is 10.5. The Kier molecular flexibility index (Phi) is 5.89. The van der Waals surface area contributed by atoms with E-state index in [0.29, 0.717) is 0 Å². The molecule has 3 aliphatic heterocycles. The van der Waals surface area contributed by atoms with Gasteiger partial charge in [-0.2, -0.15) is 5.26 Å². The zero-order chi connectivity index (χ0) is 17.8. The molecule has 0 aromatic heterocycles. The molecule has 4 rings (SSSR count). The number of nitriles is 1. The zero-order valence-corrected chi connectivity index (χ0v) is 15.9. The number of hydrogen-bond donors (Lipinski definition) is 0. The van der Waals surface area contributed by atoms with Crippen LogP contribution in [0.1, 0.15) is 43.2 Å². The van der Waals surface area contributed by atoms with Gasteiger partial charge in [-0.25, -0.2) is 0 Å². The van der Waals surface area contributed by atoms with Crippen LogP contribution in [0.3, 0.4) is 0 Å². The summed E-state index contributed by atoms with van der Waals surface area (Å²) in [6, 6.07) is 11.2. The lowest BCUT2D eigenvalue weighted by molar-refractivity contribution is 0.0283. The topological polar surface area (TPSA) is 33.5 Å². The number of benzene rings is 1. The molecule has 3 saturated heterocycles. The van der Waals surface area contributed by atoms with Gasteiger partial charge in [0, 0.05) is 45.3 Å². The van der Waals surface area contributed by atoms with Gasteiger partial charge in [-0.1, -0.05) is 24.6 Å². The summed E-state index contributed by atoms with van der Waals surface area (Å²) in [5.74, 6) is 0.884. The van der Waals surface area contributed by atoms with Gasteiger partial charge in [-0.3, -0.25) is 4.90 Å². The minimum atomic E-state index is 0.828. The van der Waals surface area contributed by atoms with Crippen LogP contribution in [0, 0.1) is 17.2 Å². The largest absolute Gasteiger partial charge is 0.300 e. The maximum Gasteiger partial charge on any atom is 0.0995 e. The van der Waals surface area contributed by atoms with Gasteiger partial charge in [-0.05, 0) is 56.3 Å². The second-order valence-corrected chi connectivity index (χ2v) is 8.35. The van der Waals surface area contributed by atoms with E-state index in [0.717, 1.165) is 37.2 Å². The van der Waals surface area contributed by atoms with Crippen LogP contribution >= 0.6 is 0 Å². The van der Waals surface area contributed by atoms with Crippen molar-refractivity contribution in [2.75, 3.05) is 45.8 Å². The molecule has 3 fully saturated rings. The number of hydrogen-bond acceptors (Lipinski definition) is 4. The Balaban J connectivity index is 1.28. The van der Waals surface area contributed by atoms with E-state index in [1.54, 1.807) is 0 Å². The molecule has 0 N–H and O–H groups in total. The summed E-state index contributed by atoms with van der Waals surface area (Å²) >= 11 is 0. The number of fused-ring (bicyclic) bond motifs is 1. The average Bonchev–Trinajstić information content (AvgIpc) is 2.70. The highest BCUT2D eigenvalue weighted by molar-refractivity contribution is 5.37. The molecule has 0 amide bonds. The molecular formula is C22H32N4. The monoisotopic (exact) mass is 352 g/mol. The Morgan fingerprint density at radius 3 is 2.50 bits per heavy atom. The SMILES string of the molecule is N#Cc1ccccc1CN1CCN(C[C@@H]2CCCN3CCCC[C@H]23)CC1. The second kappa shape index (κ2) is 8.52. The van der Waals surface area contributed by atoms with E-state index in [2.05, 4.69) is 26.8 Å². The molecular weight excluding hydrogens is 320 g/mol. The van der Waals surface area contributed by atoms with Crippen molar-refractivity contribution < 1.29 is 0 Å². The van der Waals surface area contributed by atoms with Gasteiger partial charge in [-0.15, -0.1) is 0 Å². The van der Waals surface area contributed by atoms with Gasteiger partial charge in [0.15, 0.2) is 0 Å². The maximum absolute atomic E-state index is 9.29. The normalized spacial score (nSPS) is 28.4. The van der Waals surface area contributed by atoms with Crippen molar-refractivity contribution in [3.05, 3.63) is 35.4 Å². The average molecular weight is 353 g/mol. The highest BCUT2D eigenvalue weighted by Crippen LogP contribution is 2.31. The minimum Gasteiger partial charge on any atom is -0.300 e. The molecule has 0 bridgehead atoms. The molecule has 0 unspecified atom stereocenters. The fraction of sp³-hybridized carbons (Fsp3) is 0.682. The molecule has 2 atom stereocenters. The summed E-state index contributed by atoms with van der Waals surface area (Å²) in [4.78, 5) is 8.00. The molecule has 1 aromatic carbocycles. The molecule has 4 heteroatoms. The molecule has 0 aliphatic carbocycles. The van der Waals surface area contributed by atoms with Crippen molar-refractivity contribution in [2.45, 2.75) is 44.7 Å². The third kappa shape index (κ3) is 4.11. The molecule has 0 saturated carbocycles. The van der Waals surface area contributed by atoms with Crippen molar-refractivity contribution >= 4 is 0 Å². The van der Waals surface area contributed by atoms with Gasteiger partial charge < -0.3 is 9.80 Å². The predicted octanol–water partition coefficient (Wildman–Crippen LogP) is 2.94. The number of piperidine rings is 2. The van der Waals surface area contributed by atoms with Crippen LogP contribution in [0.5, 0.6) is 0 Å². The van der Waals surface area contributed by atoms with Crippen molar-refractivity contribution in [1.82, 2.24) is 14.7 Å². The molecule has 140 valence electrons. The summed E-state index contributed by atoms with van der Waals surface area (Å²) in [6.45, 7) is 9.50. The fourth-order valence-electron chi connectivity index (χ4n) is 5.26.